The maximum atomic E-state index is 11.7. The third kappa shape index (κ3) is 4.38. The molecule has 2 heterocycles. The van der Waals surface area contributed by atoms with Crippen LogP contribution in [0.2, 0.25) is 0 Å². The standard InChI is InChI=1S/C13H17N5O3S/c1-21-3-2-15-6-11(19)18-13-17-10(7-22-13)8-4-9(12(14)20)16-5-8/h4-5,7,15-16H,2-3,6H2,1H3,(H2,14,20)(H,17,18,19). The molecular formula is C13H17N5O3S. The van der Waals surface area contributed by atoms with Crippen molar-refractivity contribution in [2.45, 2.75) is 0 Å². The number of primary amides is 1. The predicted molar refractivity (Wildman–Crippen MR) is 83.8 cm³/mol. The molecule has 0 spiro atoms. The van der Waals surface area contributed by atoms with Gasteiger partial charge in [-0.15, -0.1) is 11.3 Å². The van der Waals surface area contributed by atoms with Gasteiger partial charge < -0.3 is 26.1 Å². The van der Waals surface area contributed by atoms with E-state index in [9.17, 15) is 9.59 Å². The van der Waals surface area contributed by atoms with Crippen LogP contribution in [0.15, 0.2) is 17.6 Å². The van der Waals surface area contributed by atoms with E-state index in [0.717, 1.165) is 5.56 Å². The van der Waals surface area contributed by atoms with Crippen molar-refractivity contribution in [1.82, 2.24) is 15.3 Å². The normalized spacial score (nSPS) is 10.6. The van der Waals surface area contributed by atoms with E-state index < -0.39 is 5.91 Å². The molecule has 22 heavy (non-hydrogen) atoms. The molecule has 0 saturated heterocycles. The first-order valence-electron chi connectivity index (χ1n) is 6.53. The number of ether oxygens (including phenoxy) is 1. The number of H-pyrrole nitrogens is 1. The van der Waals surface area contributed by atoms with Gasteiger partial charge in [0.1, 0.15) is 5.69 Å². The molecular weight excluding hydrogens is 306 g/mol. The van der Waals surface area contributed by atoms with Crippen LogP contribution in [0, 0.1) is 0 Å². The smallest absolute Gasteiger partial charge is 0.265 e. The molecule has 2 aromatic heterocycles. The van der Waals surface area contributed by atoms with Crippen LogP contribution in [0.4, 0.5) is 5.13 Å². The van der Waals surface area contributed by atoms with E-state index in [0.29, 0.717) is 29.7 Å². The van der Waals surface area contributed by atoms with Gasteiger partial charge in [-0.1, -0.05) is 0 Å². The number of carbonyl (C=O) groups is 2. The van der Waals surface area contributed by atoms with Crippen LogP contribution in [-0.4, -0.2) is 48.6 Å². The fraction of sp³-hybridized carbons (Fsp3) is 0.308. The van der Waals surface area contributed by atoms with Crippen LogP contribution in [0.3, 0.4) is 0 Å². The molecule has 0 aliphatic heterocycles. The highest BCUT2D eigenvalue weighted by Gasteiger charge is 2.10. The summed E-state index contributed by atoms with van der Waals surface area (Å²) < 4.78 is 4.87. The Morgan fingerprint density at radius 1 is 1.50 bits per heavy atom. The van der Waals surface area contributed by atoms with Crippen molar-refractivity contribution in [2.24, 2.45) is 5.73 Å². The molecule has 5 N–H and O–H groups in total. The second-order valence-electron chi connectivity index (χ2n) is 4.42. The van der Waals surface area contributed by atoms with E-state index in [2.05, 4.69) is 20.6 Å². The second kappa shape index (κ2) is 7.69. The number of rotatable bonds is 8. The van der Waals surface area contributed by atoms with Crippen molar-refractivity contribution in [3.05, 3.63) is 23.3 Å². The average molecular weight is 323 g/mol. The average Bonchev–Trinajstić information content (AvgIpc) is 3.12. The fourth-order valence-electron chi connectivity index (χ4n) is 1.69. The van der Waals surface area contributed by atoms with Crippen molar-refractivity contribution < 1.29 is 14.3 Å². The Bertz CT molecular complexity index is 652. The summed E-state index contributed by atoms with van der Waals surface area (Å²) in [6.07, 6.45) is 1.65. The summed E-state index contributed by atoms with van der Waals surface area (Å²) in [4.78, 5) is 29.8. The Morgan fingerprint density at radius 3 is 3.00 bits per heavy atom. The number of amides is 2. The summed E-state index contributed by atoms with van der Waals surface area (Å²) in [5.74, 6) is -0.707. The molecule has 2 aromatic rings. The summed E-state index contributed by atoms with van der Waals surface area (Å²) in [6, 6.07) is 1.62. The molecule has 0 bridgehead atoms. The van der Waals surface area contributed by atoms with Gasteiger partial charge in [0.25, 0.3) is 5.91 Å². The lowest BCUT2D eigenvalue weighted by molar-refractivity contribution is -0.115. The lowest BCUT2D eigenvalue weighted by Gasteiger charge is -2.03. The fourth-order valence-corrected chi connectivity index (χ4v) is 2.42. The third-order valence-corrected chi connectivity index (χ3v) is 3.52. The molecule has 2 rings (SSSR count). The summed E-state index contributed by atoms with van der Waals surface area (Å²) in [5, 5.41) is 7.94. The predicted octanol–water partition coefficient (Wildman–Crippen LogP) is 0.412. The molecule has 118 valence electrons. The van der Waals surface area contributed by atoms with Gasteiger partial charge in [-0.2, -0.15) is 0 Å². The third-order valence-electron chi connectivity index (χ3n) is 2.76. The Kier molecular flexibility index (Phi) is 5.64. The number of hydrogen-bond donors (Lipinski definition) is 4. The highest BCUT2D eigenvalue weighted by molar-refractivity contribution is 7.14. The van der Waals surface area contributed by atoms with Gasteiger partial charge in [0, 0.05) is 30.8 Å². The number of nitrogens with two attached hydrogens (primary N) is 1. The summed E-state index contributed by atoms with van der Waals surface area (Å²) in [6.45, 7) is 1.34. The maximum absolute atomic E-state index is 11.7. The number of aromatic amines is 1. The zero-order valence-corrected chi connectivity index (χ0v) is 12.8. The molecule has 0 saturated carbocycles. The zero-order chi connectivity index (χ0) is 15.9. The first-order valence-corrected chi connectivity index (χ1v) is 7.41. The molecule has 0 aliphatic rings. The lowest BCUT2D eigenvalue weighted by Crippen LogP contribution is -2.30. The van der Waals surface area contributed by atoms with Crippen LogP contribution in [0.5, 0.6) is 0 Å². The van der Waals surface area contributed by atoms with Crippen molar-refractivity contribution in [3.63, 3.8) is 0 Å². The first kappa shape index (κ1) is 16.1. The van der Waals surface area contributed by atoms with Crippen LogP contribution >= 0.6 is 11.3 Å². The molecule has 0 fully saturated rings. The SMILES string of the molecule is COCCNCC(=O)Nc1nc(-c2c[nH]c(C(N)=O)c2)cs1. The molecule has 0 aliphatic carbocycles. The van der Waals surface area contributed by atoms with Crippen LogP contribution in [0.25, 0.3) is 11.3 Å². The molecule has 0 aromatic carbocycles. The zero-order valence-electron chi connectivity index (χ0n) is 12.0. The highest BCUT2D eigenvalue weighted by Crippen LogP contribution is 2.25. The number of aromatic nitrogens is 2. The summed E-state index contributed by atoms with van der Waals surface area (Å²) >= 11 is 1.31. The van der Waals surface area contributed by atoms with Crippen molar-refractivity contribution in [1.29, 1.82) is 0 Å². The van der Waals surface area contributed by atoms with Crippen LogP contribution in [0.1, 0.15) is 10.5 Å². The number of anilines is 1. The lowest BCUT2D eigenvalue weighted by atomic mass is 10.2. The molecule has 0 unspecified atom stereocenters. The van der Waals surface area contributed by atoms with Gasteiger partial charge in [-0.3, -0.25) is 9.59 Å². The highest BCUT2D eigenvalue weighted by atomic mass is 32.1. The topological polar surface area (TPSA) is 122 Å². The van der Waals surface area contributed by atoms with E-state index in [1.165, 1.54) is 11.3 Å². The van der Waals surface area contributed by atoms with Gasteiger partial charge in [-0.25, -0.2) is 4.98 Å². The van der Waals surface area contributed by atoms with Crippen LogP contribution in [-0.2, 0) is 9.53 Å². The second-order valence-corrected chi connectivity index (χ2v) is 5.28. The van der Waals surface area contributed by atoms with Gasteiger partial charge in [0.05, 0.1) is 18.8 Å². The van der Waals surface area contributed by atoms with Gasteiger partial charge in [-0.05, 0) is 6.07 Å². The number of thiazole rings is 1. The van der Waals surface area contributed by atoms with E-state index in [1.807, 2.05) is 0 Å². The molecule has 0 radical (unpaired) electrons. The van der Waals surface area contributed by atoms with Crippen molar-refractivity contribution in [3.8, 4) is 11.3 Å². The Hall–Kier alpha value is -2.23. The van der Waals surface area contributed by atoms with Crippen LogP contribution < -0.4 is 16.4 Å². The number of nitrogens with one attached hydrogen (secondary N) is 3. The van der Waals surface area contributed by atoms with E-state index in [4.69, 9.17) is 10.5 Å². The summed E-state index contributed by atoms with van der Waals surface area (Å²) in [7, 11) is 1.60. The van der Waals surface area contributed by atoms with Gasteiger partial charge in [0.2, 0.25) is 5.91 Å². The number of methoxy groups -OCH3 is 1. The Labute approximate surface area is 131 Å². The van der Waals surface area contributed by atoms with Gasteiger partial charge in [0.15, 0.2) is 5.13 Å². The van der Waals surface area contributed by atoms with E-state index in [-0.39, 0.29) is 12.5 Å². The quantitative estimate of drug-likeness (QED) is 0.524. The van der Waals surface area contributed by atoms with Gasteiger partial charge >= 0.3 is 0 Å². The maximum Gasteiger partial charge on any atom is 0.265 e. The number of hydrogen-bond acceptors (Lipinski definition) is 6. The van der Waals surface area contributed by atoms with E-state index in [1.54, 1.807) is 24.8 Å². The van der Waals surface area contributed by atoms with Crippen molar-refractivity contribution in [2.75, 3.05) is 32.1 Å². The van der Waals surface area contributed by atoms with E-state index >= 15 is 0 Å². The minimum Gasteiger partial charge on any atom is -0.383 e. The van der Waals surface area contributed by atoms with Crippen molar-refractivity contribution >= 4 is 28.3 Å². The minimum atomic E-state index is -0.530. The Balaban J connectivity index is 1.90. The molecule has 9 heteroatoms. The monoisotopic (exact) mass is 323 g/mol. The molecule has 0 atom stereocenters. The molecule has 2 amide bonds. The summed E-state index contributed by atoms with van der Waals surface area (Å²) in [5.41, 5.74) is 6.90. The Morgan fingerprint density at radius 2 is 2.32 bits per heavy atom. The largest absolute Gasteiger partial charge is 0.383 e. The number of nitrogens with zero attached hydrogens (tertiary/aromatic N) is 1. The number of carbonyl (C=O) groups excluding carboxylic acids is 2. The minimum absolute atomic E-state index is 0.177. The first-order chi connectivity index (χ1) is 10.6. The molecule has 8 nitrogen and oxygen atoms in total.